The lowest BCUT2D eigenvalue weighted by atomic mass is 10.1. The molecule has 5 heteroatoms. The summed E-state index contributed by atoms with van der Waals surface area (Å²) < 4.78 is 11.2. The first-order valence-electron chi connectivity index (χ1n) is 8.78. The van der Waals surface area contributed by atoms with Gasteiger partial charge in [0.2, 0.25) is 5.91 Å². The van der Waals surface area contributed by atoms with Crippen LogP contribution in [0, 0.1) is 0 Å². The number of aromatic nitrogens is 1. The predicted octanol–water partition coefficient (Wildman–Crippen LogP) is 4.24. The first-order chi connectivity index (χ1) is 13.2. The molecule has 3 rings (SSSR count). The van der Waals surface area contributed by atoms with Gasteiger partial charge in [-0.25, -0.2) is 0 Å². The second-order valence-electron chi connectivity index (χ2n) is 6.04. The van der Waals surface area contributed by atoms with Gasteiger partial charge in [-0.3, -0.25) is 9.78 Å². The van der Waals surface area contributed by atoms with Crippen molar-refractivity contribution in [3.8, 4) is 11.5 Å². The number of ether oxygens (including phenoxy) is 2. The number of aryl methyl sites for hydroxylation is 1. The molecule has 1 aromatic heterocycles. The fourth-order valence-electron chi connectivity index (χ4n) is 2.63. The summed E-state index contributed by atoms with van der Waals surface area (Å²) in [6, 6.07) is 19.1. The lowest BCUT2D eigenvalue weighted by Gasteiger charge is -2.13. The van der Waals surface area contributed by atoms with Crippen LogP contribution < -0.4 is 14.8 Å². The summed E-state index contributed by atoms with van der Waals surface area (Å²) in [6.07, 6.45) is 4.57. The van der Waals surface area contributed by atoms with Gasteiger partial charge in [0.1, 0.15) is 6.61 Å². The van der Waals surface area contributed by atoms with Crippen molar-refractivity contribution in [1.29, 1.82) is 0 Å². The zero-order valence-corrected chi connectivity index (χ0v) is 15.2. The number of hydrogen-bond donors (Lipinski definition) is 1. The molecule has 0 aliphatic carbocycles. The molecule has 0 spiro atoms. The van der Waals surface area contributed by atoms with E-state index in [1.807, 2.05) is 42.5 Å². The van der Waals surface area contributed by atoms with Gasteiger partial charge in [-0.2, -0.15) is 0 Å². The Kier molecular flexibility index (Phi) is 6.41. The average molecular weight is 362 g/mol. The second kappa shape index (κ2) is 9.38. The van der Waals surface area contributed by atoms with Crippen molar-refractivity contribution in [1.82, 2.24) is 4.98 Å². The molecule has 0 saturated heterocycles. The van der Waals surface area contributed by atoms with Crippen molar-refractivity contribution in [3.63, 3.8) is 0 Å². The number of pyridine rings is 1. The van der Waals surface area contributed by atoms with Crippen molar-refractivity contribution in [2.45, 2.75) is 19.4 Å². The Morgan fingerprint density at radius 3 is 2.48 bits per heavy atom. The van der Waals surface area contributed by atoms with Gasteiger partial charge >= 0.3 is 0 Å². The van der Waals surface area contributed by atoms with E-state index in [4.69, 9.17) is 9.47 Å². The number of nitrogens with zero attached hydrogens (tertiary/aromatic N) is 1. The van der Waals surface area contributed by atoms with Crippen molar-refractivity contribution in [2.24, 2.45) is 0 Å². The Balaban J connectivity index is 1.61. The Morgan fingerprint density at radius 1 is 0.963 bits per heavy atom. The number of amides is 1. The number of carbonyl (C=O) groups excluding carboxylic acids is 1. The number of nitrogens with one attached hydrogen (secondary N) is 1. The highest BCUT2D eigenvalue weighted by Crippen LogP contribution is 2.31. The maximum absolute atomic E-state index is 12.2. The maximum atomic E-state index is 12.2. The standard InChI is InChI=1S/C22H22N2O3/c1-26-20-9-8-19(15-21(20)27-16-18-11-13-23-14-12-18)24-22(25)10-7-17-5-3-2-4-6-17/h2-6,8-9,11-15H,7,10,16H2,1H3,(H,24,25). The Bertz CT molecular complexity index is 867. The van der Waals surface area contributed by atoms with Gasteiger partial charge in [-0.1, -0.05) is 30.3 Å². The van der Waals surface area contributed by atoms with Gasteiger partial charge in [0.05, 0.1) is 7.11 Å². The van der Waals surface area contributed by atoms with Crippen LogP contribution in [0.4, 0.5) is 5.69 Å². The van der Waals surface area contributed by atoms with E-state index >= 15 is 0 Å². The lowest BCUT2D eigenvalue weighted by Crippen LogP contribution is -2.12. The molecule has 1 heterocycles. The molecule has 1 amide bonds. The molecule has 2 aromatic carbocycles. The molecule has 0 aliphatic rings. The van der Waals surface area contributed by atoms with Gasteiger partial charge in [0, 0.05) is 30.6 Å². The maximum Gasteiger partial charge on any atom is 0.224 e. The summed E-state index contributed by atoms with van der Waals surface area (Å²) in [7, 11) is 1.59. The van der Waals surface area contributed by atoms with Crippen molar-refractivity contribution in [2.75, 3.05) is 12.4 Å². The molecule has 0 saturated carbocycles. The minimum Gasteiger partial charge on any atom is -0.493 e. The summed E-state index contributed by atoms with van der Waals surface area (Å²) >= 11 is 0. The van der Waals surface area contributed by atoms with Crippen LogP contribution in [0.2, 0.25) is 0 Å². The third kappa shape index (κ3) is 5.57. The molecule has 5 nitrogen and oxygen atoms in total. The molecule has 27 heavy (non-hydrogen) atoms. The number of methoxy groups -OCH3 is 1. The molecule has 0 bridgehead atoms. The molecular weight excluding hydrogens is 340 g/mol. The lowest BCUT2D eigenvalue weighted by molar-refractivity contribution is -0.116. The third-order valence-corrected chi connectivity index (χ3v) is 4.07. The number of benzene rings is 2. The summed E-state index contributed by atoms with van der Waals surface area (Å²) in [6.45, 7) is 0.393. The van der Waals surface area contributed by atoms with Crippen LogP contribution in [-0.4, -0.2) is 18.0 Å². The van der Waals surface area contributed by atoms with Crippen LogP contribution in [0.3, 0.4) is 0 Å². The fourth-order valence-corrected chi connectivity index (χ4v) is 2.63. The Labute approximate surface area is 159 Å². The van der Waals surface area contributed by atoms with Crippen LogP contribution in [0.5, 0.6) is 11.5 Å². The van der Waals surface area contributed by atoms with Gasteiger partial charge < -0.3 is 14.8 Å². The molecule has 0 atom stereocenters. The van der Waals surface area contributed by atoms with Crippen LogP contribution in [0.1, 0.15) is 17.5 Å². The van der Waals surface area contributed by atoms with Crippen molar-refractivity contribution < 1.29 is 14.3 Å². The van der Waals surface area contributed by atoms with E-state index in [2.05, 4.69) is 10.3 Å². The topological polar surface area (TPSA) is 60.5 Å². The van der Waals surface area contributed by atoms with E-state index in [1.54, 1.807) is 37.7 Å². The average Bonchev–Trinajstić information content (AvgIpc) is 2.72. The summed E-state index contributed by atoms with van der Waals surface area (Å²) in [4.78, 5) is 16.2. The van der Waals surface area contributed by atoms with Gasteiger partial charge in [-0.05, 0) is 41.8 Å². The van der Waals surface area contributed by atoms with Crippen molar-refractivity contribution >= 4 is 11.6 Å². The van der Waals surface area contributed by atoms with Crippen LogP contribution in [-0.2, 0) is 17.8 Å². The zero-order chi connectivity index (χ0) is 18.9. The van der Waals surface area contributed by atoms with E-state index in [0.29, 0.717) is 36.6 Å². The molecule has 0 aliphatic heterocycles. The monoisotopic (exact) mass is 362 g/mol. The number of carbonyl (C=O) groups is 1. The number of anilines is 1. The van der Waals surface area contributed by atoms with E-state index in [1.165, 1.54) is 0 Å². The Hall–Kier alpha value is -3.34. The van der Waals surface area contributed by atoms with Crippen LogP contribution in [0.15, 0.2) is 73.1 Å². The van der Waals surface area contributed by atoms with Crippen LogP contribution >= 0.6 is 0 Å². The molecule has 0 unspecified atom stereocenters. The molecular formula is C22H22N2O3. The first-order valence-corrected chi connectivity index (χ1v) is 8.78. The second-order valence-corrected chi connectivity index (χ2v) is 6.04. The number of rotatable bonds is 8. The van der Waals surface area contributed by atoms with Gasteiger partial charge in [-0.15, -0.1) is 0 Å². The third-order valence-electron chi connectivity index (χ3n) is 4.07. The van der Waals surface area contributed by atoms with Crippen molar-refractivity contribution in [3.05, 3.63) is 84.2 Å². The first kappa shape index (κ1) is 18.5. The van der Waals surface area contributed by atoms with Gasteiger partial charge in [0.25, 0.3) is 0 Å². The summed E-state index contributed by atoms with van der Waals surface area (Å²) in [5.41, 5.74) is 2.83. The molecule has 138 valence electrons. The van der Waals surface area contributed by atoms with E-state index in [9.17, 15) is 4.79 Å². The predicted molar refractivity (Wildman–Crippen MR) is 105 cm³/mol. The molecule has 3 aromatic rings. The van der Waals surface area contributed by atoms with E-state index in [0.717, 1.165) is 11.1 Å². The Morgan fingerprint density at radius 2 is 1.74 bits per heavy atom. The van der Waals surface area contributed by atoms with Crippen LogP contribution in [0.25, 0.3) is 0 Å². The zero-order valence-electron chi connectivity index (χ0n) is 15.2. The highest BCUT2D eigenvalue weighted by atomic mass is 16.5. The highest BCUT2D eigenvalue weighted by molar-refractivity contribution is 5.91. The molecule has 0 fully saturated rings. The minimum absolute atomic E-state index is 0.0379. The highest BCUT2D eigenvalue weighted by Gasteiger charge is 2.09. The quantitative estimate of drug-likeness (QED) is 0.651. The fraction of sp³-hybridized carbons (Fsp3) is 0.182. The minimum atomic E-state index is -0.0379. The van der Waals surface area contributed by atoms with Gasteiger partial charge in [0.15, 0.2) is 11.5 Å². The molecule has 0 radical (unpaired) electrons. The molecule has 1 N–H and O–H groups in total. The van der Waals surface area contributed by atoms with E-state index in [-0.39, 0.29) is 5.91 Å². The summed E-state index contributed by atoms with van der Waals surface area (Å²) in [5.74, 6) is 1.16. The smallest absolute Gasteiger partial charge is 0.224 e. The summed E-state index contributed by atoms with van der Waals surface area (Å²) in [5, 5.41) is 2.92. The largest absolute Gasteiger partial charge is 0.493 e. The normalized spacial score (nSPS) is 10.3. The SMILES string of the molecule is COc1ccc(NC(=O)CCc2ccccc2)cc1OCc1ccncc1. The van der Waals surface area contributed by atoms with E-state index < -0.39 is 0 Å². The number of hydrogen-bond acceptors (Lipinski definition) is 4.